The molecule has 0 bridgehead atoms. The normalized spacial score (nSPS) is 11.5. The molecule has 8 heteroatoms. The molecule has 7 nitrogen and oxygen atoms in total. The molecule has 0 unspecified atom stereocenters. The van der Waals surface area contributed by atoms with Gasteiger partial charge in [-0.15, -0.1) is 34.2 Å². The van der Waals surface area contributed by atoms with E-state index in [2.05, 4.69) is 39.6 Å². The van der Waals surface area contributed by atoms with Gasteiger partial charge in [0.1, 0.15) is 23.7 Å². The van der Waals surface area contributed by atoms with Gasteiger partial charge in [0.05, 0.1) is 6.54 Å². The summed E-state index contributed by atoms with van der Waals surface area (Å²) in [6, 6.07) is 10.1. The monoisotopic (exact) mass is 468 g/mol. The zero-order chi connectivity index (χ0) is 17.8. The van der Waals surface area contributed by atoms with Crippen LogP contribution in [0.25, 0.3) is 11.0 Å². The van der Waals surface area contributed by atoms with Crippen molar-refractivity contribution in [1.82, 2.24) is 25.0 Å². The summed E-state index contributed by atoms with van der Waals surface area (Å²) in [5.74, 6) is 3.43. The Balaban J connectivity index is 0.00000243. The van der Waals surface area contributed by atoms with Crippen molar-refractivity contribution >= 4 is 40.9 Å². The fourth-order valence-corrected chi connectivity index (χ4v) is 2.63. The number of rotatable bonds is 5. The first-order valence-corrected chi connectivity index (χ1v) is 8.40. The number of aliphatic imine (C=N–C) groups is 1. The molecule has 0 aliphatic carbocycles. The third-order valence-corrected chi connectivity index (χ3v) is 4.12. The van der Waals surface area contributed by atoms with Crippen molar-refractivity contribution in [2.45, 2.75) is 26.9 Å². The Hall–Kier alpha value is -2.10. The molecule has 0 aliphatic heterocycles. The Kier molecular flexibility index (Phi) is 7.01. The van der Waals surface area contributed by atoms with Crippen LogP contribution in [-0.2, 0) is 20.1 Å². The van der Waals surface area contributed by atoms with Gasteiger partial charge in [-0.3, -0.25) is 0 Å². The van der Waals surface area contributed by atoms with Gasteiger partial charge in [-0.25, -0.2) is 4.99 Å². The molecular formula is C18H25IN6O. The number of guanidine groups is 1. The van der Waals surface area contributed by atoms with Crippen molar-refractivity contribution in [2.75, 3.05) is 13.6 Å². The molecule has 0 saturated heterocycles. The minimum atomic E-state index is 0. The molecule has 0 amide bonds. The highest BCUT2D eigenvalue weighted by Gasteiger charge is 2.11. The van der Waals surface area contributed by atoms with Crippen LogP contribution in [0, 0.1) is 6.92 Å². The van der Waals surface area contributed by atoms with Gasteiger partial charge >= 0.3 is 0 Å². The molecule has 3 aromatic rings. The van der Waals surface area contributed by atoms with E-state index < -0.39 is 0 Å². The van der Waals surface area contributed by atoms with Crippen LogP contribution in [0.4, 0.5) is 0 Å². The molecule has 1 N–H and O–H groups in total. The lowest BCUT2D eigenvalue weighted by Gasteiger charge is -2.20. The van der Waals surface area contributed by atoms with Crippen molar-refractivity contribution in [3.63, 3.8) is 0 Å². The molecule has 0 spiro atoms. The van der Waals surface area contributed by atoms with Crippen LogP contribution >= 0.6 is 24.0 Å². The fraction of sp³-hybridized carbons (Fsp3) is 0.389. The molecule has 0 saturated carbocycles. The lowest BCUT2D eigenvalue weighted by molar-refractivity contribution is 0.412. The van der Waals surface area contributed by atoms with E-state index in [9.17, 15) is 0 Å². The van der Waals surface area contributed by atoms with Crippen LogP contribution in [-0.4, -0.2) is 39.2 Å². The van der Waals surface area contributed by atoms with E-state index in [1.807, 2.05) is 48.7 Å². The highest BCUT2D eigenvalue weighted by molar-refractivity contribution is 14.0. The highest BCUT2D eigenvalue weighted by Crippen LogP contribution is 2.19. The Labute approximate surface area is 170 Å². The number of benzene rings is 1. The fourth-order valence-electron chi connectivity index (χ4n) is 2.63. The maximum atomic E-state index is 5.90. The second kappa shape index (κ2) is 9.02. The van der Waals surface area contributed by atoms with Crippen LogP contribution in [0.3, 0.4) is 0 Å². The number of nitrogens with one attached hydrogen (secondary N) is 1. The number of hydrogen-bond acceptors (Lipinski definition) is 4. The number of fused-ring (bicyclic) bond motifs is 1. The quantitative estimate of drug-likeness (QED) is 0.354. The van der Waals surface area contributed by atoms with Gasteiger partial charge in [0.15, 0.2) is 11.8 Å². The second-order valence-electron chi connectivity index (χ2n) is 6.00. The third-order valence-electron chi connectivity index (χ3n) is 4.12. The standard InChI is InChI=1S/C18H24N6O.HI/c1-5-19-18(20-11-17-22-21-13(2)24(17)4)23(3)12-15-10-14-8-6-7-9-16(14)25-15;/h6-10H,5,11-12H2,1-4H3,(H,19,20);1H. The second-order valence-corrected chi connectivity index (χ2v) is 6.00. The molecule has 0 radical (unpaired) electrons. The maximum Gasteiger partial charge on any atom is 0.194 e. The first kappa shape index (κ1) is 20.2. The van der Waals surface area contributed by atoms with E-state index >= 15 is 0 Å². The number of hydrogen-bond donors (Lipinski definition) is 1. The van der Waals surface area contributed by atoms with E-state index in [0.29, 0.717) is 13.1 Å². The topological polar surface area (TPSA) is 71.5 Å². The smallest absolute Gasteiger partial charge is 0.194 e. The first-order chi connectivity index (χ1) is 12.1. The van der Waals surface area contributed by atoms with Crippen molar-refractivity contribution in [3.8, 4) is 0 Å². The van der Waals surface area contributed by atoms with E-state index in [4.69, 9.17) is 4.42 Å². The van der Waals surface area contributed by atoms with Gasteiger partial charge in [-0.1, -0.05) is 18.2 Å². The lowest BCUT2D eigenvalue weighted by atomic mass is 10.2. The van der Waals surface area contributed by atoms with Crippen LogP contribution in [0.15, 0.2) is 39.7 Å². The molecular weight excluding hydrogens is 443 g/mol. The number of para-hydroxylation sites is 1. The van der Waals surface area contributed by atoms with Crippen LogP contribution in [0.1, 0.15) is 24.3 Å². The van der Waals surface area contributed by atoms with Crippen molar-refractivity contribution in [3.05, 3.63) is 47.7 Å². The van der Waals surface area contributed by atoms with Gasteiger partial charge in [-0.05, 0) is 26.0 Å². The molecule has 2 aromatic heterocycles. The van der Waals surface area contributed by atoms with Crippen LogP contribution < -0.4 is 5.32 Å². The Morgan fingerprint density at radius 1 is 1.31 bits per heavy atom. The summed E-state index contributed by atoms with van der Waals surface area (Å²) in [5, 5.41) is 12.7. The van der Waals surface area contributed by atoms with Crippen LogP contribution in [0.5, 0.6) is 0 Å². The van der Waals surface area contributed by atoms with Gasteiger partial charge in [0.25, 0.3) is 0 Å². The minimum Gasteiger partial charge on any atom is -0.459 e. The molecule has 0 fully saturated rings. The van der Waals surface area contributed by atoms with E-state index in [0.717, 1.165) is 40.9 Å². The number of aryl methyl sites for hydroxylation is 1. The number of furan rings is 1. The zero-order valence-electron chi connectivity index (χ0n) is 15.6. The van der Waals surface area contributed by atoms with E-state index in [1.54, 1.807) is 0 Å². The largest absolute Gasteiger partial charge is 0.459 e. The predicted molar refractivity (Wildman–Crippen MR) is 114 cm³/mol. The average molecular weight is 468 g/mol. The van der Waals surface area contributed by atoms with E-state index in [-0.39, 0.29) is 24.0 Å². The molecule has 0 aliphatic rings. The molecule has 1 aromatic carbocycles. The van der Waals surface area contributed by atoms with Crippen LogP contribution in [0.2, 0.25) is 0 Å². The summed E-state index contributed by atoms with van der Waals surface area (Å²) in [6.45, 7) is 5.89. The lowest BCUT2D eigenvalue weighted by Crippen LogP contribution is -2.38. The van der Waals surface area contributed by atoms with Gasteiger partial charge in [0.2, 0.25) is 0 Å². The Morgan fingerprint density at radius 2 is 2.08 bits per heavy atom. The zero-order valence-corrected chi connectivity index (χ0v) is 17.9. The summed E-state index contributed by atoms with van der Waals surface area (Å²) in [5.41, 5.74) is 0.905. The number of halogens is 1. The van der Waals surface area contributed by atoms with Crippen molar-refractivity contribution in [1.29, 1.82) is 0 Å². The van der Waals surface area contributed by atoms with Gasteiger partial charge < -0.3 is 19.2 Å². The predicted octanol–water partition coefficient (Wildman–Crippen LogP) is 3.09. The highest BCUT2D eigenvalue weighted by atomic mass is 127. The Morgan fingerprint density at radius 3 is 2.73 bits per heavy atom. The maximum absolute atomic E-state index is 5.90. The summed E-state index contributed by atoms with van der Waals surface area (Å²) >= 11 is 0. The average Bonchev–Trinajstić information content (AvgIpc) is 3.15. The molecule has 3 rings (SSSR count). The summed E-state index contributed by atoms with van der Waals surface area (Å²) in [7, 11) is 3.95. The molecule has 26 heavy (non-hydrogen) atoms. The number of nitrogens with zero attached hydrogens (tertiary/aromatic N) is 5. The summed E-state index contributed by atoms with van der Waals surface area (Å²) < 4.78 is 7.85. The summed E-state index contributed by atoms with van der Waals surface area (Å²) in [6.07, 6.45) is 0. The SMILES string of the molecule is CCNC(=NCc1nnc(C)n1C)N(C)Cc1cc2ccccc2o1.I. The molecule has 2 heterocycles. The van der Waals surface area contributed by atoms with E-state index in [1.165, 1.54) is 0 Å². The first-order valence-electron chi connectivity index (χ1n) is 8.40. The van der Waals surface area contributed by atoms with Crippen molar-refractivity contribution in [2.24, 2.45) is 12.0 Å². The summed E-state index contributed by atoms with van der Waals surface area (Å²) in [4.78, 5) is 6.72. The van der Waals surface area contributed by atoms with Gasteiger partial charge in [0, 0.05) is 26.0 Å². The van der Waals surface area contributed by atoms with Gasteiger partial charge in [-0.2, -0.15) is 0 Å². The Bertz CT molecular complexity index is 852. The number of aromatic nitrogens is 3. The minimum absolute atomic E-state index is 0. The molecule has 0 atom stereocenters. The third kappa shape index (κ3) is 4.54. The molecule has 140 valence electrons. The van der Waals surface area contributed by atoms with Crippen molar-refractivity contribution < 1.29 is 4.42 Å².